The van der Waals surface area contributed by atoms with Crippen LogP contribution in [-0.4, -0.2) is 4.57 Å². The minimum atomic E-state index is 1.09. The van der Waals surface area contributed by atoms with Crippen molar-refractivity contribution in [1.82, 2.24) is 4.57 Å². The minimum Gasteiger partial charge on any atom is -0.310 e. The Bertz CT molecular complexity index is 3280. The lowest BCUT2D eigenvalue weighted by Crippen LogP contribution is -2.11. The summed E-state index contributed by atoms with van der Waals surface area (Å²) < 4.78 is 2.45. The summed E-state index contributed by atoms with van der Waals surface area (Å²) in [6, 6.07) is 83.7. The molecule has 11 rings (SSSR count). The van der Waals surface area contributed by atoms with Crippen LogP contribution in [0.15, 0.2) is 231 Å². The standard InChI is InChI=1S/C56H38N2/c1-2-15-39(16-3-1)44-21-12-22-47(38-44)57(46-35-33-41(34-36-46)45-32-31-40-17-4-5-19-43(40)37-45)53-27-10-8-24-49(53)50-26-14-30-55-56(50)51-25-9-11-28-54(51)58(55)52-29-13-20-42-18-6-7-23-48(42)52/h1-38H. The summed E-state index contributed by atoms with van der Waals surface area (Å²) >= 11 is 0. The number of anilines is 3. The Labute approximate surface area is 338 Å². The smallest absolute Gasteiger partial charge is 0.0547 e. The van der Waals surface area contributed by atoms with Crippen molar-refractivity contribution in [1.29, 1.82) is 0 Å². The molecule has 1 heterocycles. The molecule has 272 valence electrons. The molecule has 0 saturated heterocycles. The van der Waals surface area contributed by atoms with Crippen molar-refractivity contribution < 1.29 is 0 Å². The van der Waals surface area contributed by atoms with E-state index in [4.69, 9.17) is 0 Å². The van der Waals surface area contributed by atoms with Crippen LogP contribution >= 0.6 is 0 Å². The average molecular weight is 739 g/mol. The zero-order valence-corrected chi connectivity index (χ0v) is 31.8. The van der Waals surface area contributed by atoms with Gasteiger partial charge in [-0.05, 0) is 98.6 Å². The van der Waals surface area contributed by atoms with Gasteiger partial charge in [-0.3, -0.25) is 0 Å². The Morgan fingerprint density at radius 3 is 1.78 bits per heavy atom. The third-order valence-electron chi connectivity index (χ3n) is 11.6. The van der Waals surface area contributed by atoms with Crippen molar-refractivity contribution in [3.05, 3.63) is 231 Å². The van der Waals surface area contributed by atoms with Crippen molar-refractivity contribution in [2.75, 3.05) is 4.90 Å². The molecule has 0 aliphatic heterocycles. The predicted octanol–water partition coefficient (Wildman–Crippen LogP) is 15.6. The van der Waals surface area contributed by atoms with E-state index in [1.54, 1.807) is 0 Å². The van der Waals surface area contributed by atoms with E-state index in [0.29, 0.717) is 0 Å². The molecular formula is C56H38N2. The highest BCUT2D eigenvalue weighted by Gasteiger charge is 2.22. The van der Waals surface area contributed by atoms with Gasteiger partial charge in [0.2, 0.25) is 0 Å². The second kappa shape index (κ2) is 14.1. The molecule has 58 heavy (non-hydrogen) atoms. The summed E-state index contributed by atoms with van der Waals surface area (Å²) in [5.41, 5.74) is 14.0. The molecule has 2 nitrogen and oxygen atoms in total. The molecule has 0 saturated carbocycles. The molecule has 0 amide bonds. The molecule has 0 N–H and O–H groups in total. The molecule has 10 aromatic carbocycles. The third-order valence-corrected chi connectivity index (χ3v) is 11.6. The Kier molecular flexibility index (Phi) is 8.19. The maximum Gasteiger partial charge on any atom is 0.0547 e. The summed E-state index contributed by atoms with van der Waals surface area (Å²) in [6.45, 7) is 0. The zero-order chi connectivity index (χ0) is 38.4. The first kappa shape index (κ1) is 33.6. The van der Waals surface area contributed by atoms with Crippen LogP contribution in [0.3, 0.4) is 0 Å². The largest absolute Gasteiger partial charge is 0.310 e. The molecule has 0 unspecified atom stereocenters. The first-order valence-corrected chi connectivity index (χ1v) is 19.9. The summed E-state index contributed by atoms with van der Waals surface area (Å²) in [6.07, 6.45) is 0. The monoisotopic (exact) mass is 738 g/mol. The van der Waals surface area contributed by atoms with Crippen LogP contribution in [-0.2, 0) is 0 Å². The lowest BCUT2D eigenvalue weighted by molar-refractivity contribution is 1.20. The van der Waals surface area contributed by atoms with Gasteiger partial charge in [0.05, 0.1) is 22.4 Å². The molecule has 0 spiro atoms. The van der Waals surface area contributed by atoms with Crippen molar-refractivity contribution in [3.8, 4) is 39.1 Å². The van der Waals surface area contributed by atoms with Crippen LogP contribution in [0.4, 0.5) is 17.1 Å². The van der Waals surface area contributed by atoms with Crippen LogP contribution in [0.2, 0.25) is 0 Å². The van der Waals surface area contributed by atoms with Crippen LogP contribution in [0, 0.1) is 0 Å². The van der Waals surface area contributed by atoms with Gasteiger partial charge in [-0.25, -0.2) is 0 Å². The Hall–Kier alpha value is -7.68. The topological polar surface area (TPSA) is 8.17 Å². The lowest BCUT2D eigenvalue weighted by atomic mass is 9.96. The number of hydrogen-bond donors (Lipinski definition) is 0. The molecule has 0 aliphatic rings. The van der Waals surface area contributed by atoms with Gasteiger partial charge in [-0.2, -0.15) is 0 Å². The molecule has 1 aromatic heterocycles. The predicted molar refractivity (Wildman–Crippen MR) is 247 cm³/mol. The van der Waals surface area contributed by atoms with Gasteiger partial charge in [-0.15, -0.1) is 0 Å². The fourth-order valence-electron chi connectivity index (χ4n) is 8.86. The number of benzene rings is 10. The first-order valence-electron chi connectivity index (χ1n) is 19.9. The van der Waals surface area contributed by atoms with Crippen LogP contribution in [0.5, 0.6) is 0 Å². The van der Waals surface area contributed by atoms with Crippen molar-refractivity contribution >= 4 is 60.4 Å². The fourth-order valence-corrected chi connectivity index (χ4v) is 8.86. The highest BCUT2D eigenvalue weighted by Crippen LogP contribution is 2.46. The first-order chi connectivity index (χ1) is 28.8. The van der Waals surface area contributed by atoms with E-state index in [0.717, 1.165) is 22.6 Å². The number of rotatable bonds is 7. The third kappa shape index (κ3) is 5.74. The molecule has 0 atom stereocenters. The number of nitrogens with zero attached hydrogens (tertiary/aromatic N) is 2. The molecule has 0 radical (unpaired) electrons. The maximum atomic E-state index is 2.45. The highest BCUT2D eigenvalue weighted by molar-refractivity contribution is 6.17. The van der Waals surface area contributed by atoms with E-state index in [9.17, 15) is 0 Å². The SMILES string of the molecule is c1ccc(-c2cccc(N(c3ccc(-c4ccc5ccccc5c4)cc3)c3ccccc3-c3cccc4c3c3ccccc3n4-c3cccc4ccccc34)c2)cc1. The Balaban J connectivity index is 1.12. The average Bonchev–Trinajstić information content (AvgIpc) is 3.64. The van der Waals surface area contributed by atoms with Crippen molar-refractivity contribution in [3.63, 3.8) is 0 Å². The zero-order valence-electron chi connectivity index (χ0n) is 31.8. The van der Waals surface area contributed by atoms with Gasteiger partial charge in [0.25, 0.3) is 0 Å². The van der Waals surface area contributed by atoms with Crippen molar-refractivity contribution in [2.45, 2.75) is 0 Å². The molecule has 2 heteroatoms. The summed E-state index contributed by atoms with van der Waals surface area (Å²) in [5, 5.41) is 7.42. The molecule has 0 bridgehead atoms. The second-order valence-corrected chi connectivity index (χ2v) is 14.9. The van der Waals surface area contributed by atoms with Crippen LogP contribution in [0.25, 0.3) is 82.4 Å². The van der Waals surface area contributed by atoms with Crippen molar-refractivity contribution in [2.24, 2.45) is 0 Å². The maximum absolute atomic E-state index is 2.45. The quantitative estimate of drug-likeness (QED) is 0.158. The number of aromatic nitrogens is 1. The van der Waals surface area contributed by atoms with Gasteiger partial charge in [-0.1, -0.05) is 176 Å². The second-order valence-electron chi connectivity index (χ2n) is 14.9. The molecule has 0 fully saturated rings. The number of fused-ring (bicyclic) bond motifs is 5. The fraction of sp³-hybridized carbons (Fsp3) is 0. The Morgan fingerprint density at radius 2 is 0.897 bits per heavy atom. The van der Waals surface area contributed by atoms with Gasteiger partial charge >= 0.3 is 0 Å². The molecule has 0 aliphatic carbocycles. The van der Waals surface area contributed by atoms with Gasteiger partial charge < -0.3 is 9.47 Å². The summed E-state index contributed by atoms with van der Waals surface area (Å²) in [7, 11) is 0. The highest BCUT2D eigenvalue weighted by atomic mass is 15.1. The van der Waals surface area contributed by atoms with E-state index in [1.165, 1.54) is 76.9 Å². The Morgan fingerprint density at radius 1 is 0.310 bits per heavy atom. The minimum absolute atomic E-state index is 1.09. The molecular weight excluding hydrogens is 701 g/mol. The summed E-state index contributed by atoms with van der Waals surface area (Å²) in [5.74, 6) is 0. The normalized spacial score (nSPS) is 11.4. The van der Waals surface area contributed by atoms with Gasteiger partial charge in [0, 0.05) is 33.1 Å². The molecule has 11 aromatic rings. The summed E-state index contributed by atoms with van der Waals surface area (Å²) in [4.78, 5) is 2.43. The van der Waals surface area contributed by atoms with E-state index < -0.39 is 0 Å². The number of para-hydroxylation sites is 2. The number of hydrogen-bond acceptors (Lipinski definition) is 1. The van der Waals surface area contributed by atoms with Gasteiger partial charge in [0.1, 0.15) is 0 Å². The van der Waals surface area contributed by atoms with Crippen LogP contribution in [0.1, 0.15) is 0 Å². The van der Waals surface area contributed by atoms with E-state index in [2.05, 4.69) is 240 Å². The lowest BCUT2D eigenvalue weighted by Gasteiger charge is -2.28. The van der Waals surface area contributed by atoms with E-state index in [1.807, 2.05) is 0 Å². The van der Waals surface area contributed by atoms with Gasteiger partial charge in [0.15, 0.2) is 0 Å². The van der Waals surface area contributed by atoms with Crippen LogP contribution < -0.4 is 4.90 Å². The van der Waals surface area contributed by atoms with E-state index >= 15 is 0 Å². The van der Waals surface area contributed by atoms with E-state index in [-0.39, 0.29) is 0 Å².